The lowest BCUT2D eigenvalue weighted by Gasteiger charge is -2.03. The van der Waals surface area contributed by atoms with Crippen molar-refractivity contribution in [3.8, 4) is 0 Å². The first-order valence-electron chi connectivity index (χ1n) is 4.72. The number of thioether (sulfide) groups is 1. The van der Waals surface area contributed by atoms with Gasteiger partial charge in [0.2, 0.25) is 11.9 Å². The molecule has 0 saturated carbocycles. The van der Waals surface area contributed by atoms with Crippen LogP contribution in [0.25, 0.3) is 0 Å². The van der Waals surface area contributed by atoms with E-state index in [4.69, 9.17) is 11.5 Å². The fourth-order valence-electron chi connectivity index (χ4n) is 1.18. The predicted molar refractivity (Wildman–Crippen MR) is 63.6 cm³/mol. The summed E-state index contributed by atoms with van der Waals surface area (Å²) in [4.78, 5) is 11.5. The lowest BCUT2D eigenvalue weighted by Crippen LogP contribution is -2.27. The summed E-state index contributed by atoms with van der Waals surface area (Å²) in [6.45, 7) is 0. The van der Waals surface area contributed by atoms with Crippen molar-refractivity contribution in [2.75, 3.05) is 11.5 Å². The molecular formula is C9H10N6OS. The maximum absolute atomic E-state index is 11.4. The van der Waals surface area contributed by atoms with Gasteiger partial charge in [0.05, 0.1) is 5.75 Å². The van der Waals surface area contributed by atoms with Crippen LogP contribution in [0.15, 0.2) is 29.4 Å². The molecule has 0 saturated heterocycles. The highest BCUT2D eigenvalue weighted by Gasteiger charge is 2.08. The van der Waals surface area contributed by atoms with Crippen molar-refractivity contribution < 1.29 is 4.73 Å². The van der Waals surface area contributed by atoms with E-state index in [9.17, 15) is 5.21 Å². The van der Waals surface area contributed by atoms with E-state index in [-0.39, 0.29) is 11.9 Å². The van der Waals surface area contributed by atoms with Crippen LogP contribution < -0.4 is 16.2 Å². The number of aromatic nitrogens is 4. The molecule has 0 fully saturated rings. The highest BCUT2D eigenvalue weighted by atomic mass is 32.2. The van der Waals surface area contributed by atoms with Crippen LogP contribution in [0, 0.1) is 5.21 Å². The Balaban J connectivity index is 2.10. The van der Waals surface area contributed by atoms with Crippen LogP contribution in [-0.4, -0.2) is 15.0 Å². The molecule has 0 aliphatic carbocycles. The standard InChI is InChI=1S/C9H10N6OS/c10-8-12-6(13-9(11)14-8)5-17-7-3-1-2-4-15(7)16/h1-4H,5H2,(H4,10,11,12,13,14). The maximum atomic E-state index is 11.4. The van der Waals surface area contributed by atoms with E-state index in [0.717, 1.165) is 4.73 Å². The second-order valence-electron chi connectivity index (χ2n) is 3.12. The molecule has 7 nitrogen and oxygen atoms in total. The fourth-order valence-corrected chi connectivity index (χ4v) is 1.95. The first kappa shape index (κ1) is 11.4. The average molecular weight is 250 g/mol. The van der Waals surface area contributed by atoms with Crippen molar-refractivity contribution in [3.63, 3.8) is 0 Å². The van der Waals surface area contributed by atoms with Gasteiger partial charge in [-0.25, -0.2) is 0 Å². The third kappa shape index (κ3) is 2.94. The summed E-state index contributed by atoms with van der Waals surface area (Å²) in [5.41, 5.74) is 10.9. The molecular weight excluding hydrogens is 240 g/mol. The molecule has 0 bridgehead atoms. The Morgan fingerprint density at radius 2 is 1.88 bits per heavy atom. The minimum Gasteiger partial charge on any atom is -0.618 e. The van der Waals surface area contributed by atoms with Gasteiger partial charge in [-0.1, -0.05) is 0 Å². The minimum atomic E-state index is 0.0798. The van der Waals surface area contributed by atoms with Crippen molar-refractivity contribution in [3.05, 3.63) is 35.4 Å². The number of rotatable bonds is 3. The Bertz CT molecular complexity index is 514. The van der Waals surface area contributed by atoms with E-state index in [1.807, 2.05) is 0 Å². The Kier molecular flexibility index (Phi) is 3.24. The van der Waals surface area contributed by atoms with Gasteiger partial charge < -0.3 is 16.7 Å². The summed E-state index contributed by atoms with van der Waals surface area (Å²) in [5, 5.41) is 11.9. The van der Waals surface area contributed by atoms with Crippen LogP contribution in [0.3, 0.4) is 0 Å². The van der Waals surface area contributed by atoms with Crippen molar-refractivity contribution in [1.82, 2.24) is 15.0 Å². The molecule has 0 aliphatic rings. The zero-order valence-electron chi connectivity index (χ0n) is 8.78. The molecule has 0 aliphatic heterocycles. The van der Waals surface area contributed by atoms with Crippen molar-refractivity contribution in [2.45, 2.75) is 10.8 Å². The Morgan fingerprint density at radius 3 is 2.53 bits per heavy atom. The van der Waals surface area contributed by atoms with Gasteiger partial charge in [0.25, 0.3) is 5.03 Å². The van der Waals surface area contributed by atoms with E-state index < -0.39 is 0 Å². The summed E-state index contributed by atoms with van der Waals surface area (Å²) in [7, 11) is 0. The number of nitrogen functional groups attached to an aromatic ring is 2. The first-order valence-corrected chi connectivity index (χ1v) is 5.70. The van der Waals surface area contributed by atoms with Gasteiger partial charge in [-0.2, -0.15) is 19.7 Å². The largest absolute Gasteiger partial charge is 0.618 e. The zero-order chi connectivity index (χ0) is 12.3. The molecule has 2 heterocycles. The maximum Gasteiger partial charge on any atom is 0.251 e. The third-order valence-electron chi connectivity index (χ3n) is 1.85. The smallest absolute Gasteiger partial charge is 0.251 e. The van der Waals surface area contributed by atoms with Crippen molar-refractivity contribution in [1.29, 1.82) is 0 Å². The monoisotopic (exact) mass is 250 g/mol. The van der Waals surface area contributed by atoms with E-state index in [1.165, 1.54) is 18.0 Å². The topological polar surface area (TPSA) is 118 Å². The number of nitrogens with zero attached hydrogens (tertiary/aromatic N) is 4. The molecule has 8 heteroatoms. The molecule has 0 unspecified atom stereocenters. The lowest BCUT2D eigenvalue weighted by molar-refractivity contribution is -0.645. The molecule has 0 spiro atoms. The van der Waals surface area contributed by atoms with Gasteiger partial charge in [-0.05, 0) is 17.8 Å². The normalized spacial score (nSPS) is 10.4. The highest BCUT2D eigenvalue weighted by Crippen LogP contribution is 2.17. The first-order chi connectivity index (χ1) is 8.15. The van der Waals surface area contributed by atoms with Gasteiger partial charge in [0, 0.05) is 12.1 Å². The third-order valence-corrected chi connectivity index (χ3v) is 2.87. The molecule has 17 heavy (non-hydrogen) atoms. The number of pyridine rings is 1. The van der Waals surface area contributed by atoms with Crippen LogP contribution in [0.2, 0.25) is 0 Å². The Hall–Kier alpha value is -2.09. The van der Waals surface area contributed by atoms with Crippen LogP contribution in [0.1, 0.15) is 5.82 Å². The van der Waals surface area contributed by atoms with Crippen molar-refractivity contribution in [2.24, 2.45) is 0 Å². The summed E-state index contributed by atoms with van der Waals surface area (Å²) < 4.78 is 0.776. The number of hydrogen-bond acceptors (Lipinski definition) is 7. The molecule has 0 atom stereocenters. The number of hydrogen-bond donors (Lipinski definition) is 2. The summed E-state index contributed by atoms with van der Waals surface area (Å²) >= 11 is 1.30. The second-order valence-corrected chi connectivity index (χ2v) is 4.12. The second kappa shape index (κ2) is 4.83. The number of nitrogens with two attached hydrogens (primary N) is 2. The van der Waals surface area contributed by atoms with Crippen LogP contribution in [-0.2, 0) is 5.75 Å². The lowest BCUT2D eigenvalue weighted by atomic mass is 10.5. The minimum absolute atomic E-state index is 0.0798. The Morgan fingerprint density at radius 1 is 1.18 bits per heavy atom. The molecule has 2 aromatic heterocycles. The quantitative estimate of drug-likeness (QED) is 0.446. The molecule has 0 aromatic carbocycles. The Labute approximate surface area is 101 Å². The summed E-state index contributed by atoms with van der Waals surface area (Å²) in [6.07, 6.45) is 1.43. The average Bonchev–Trinajstić information content (AvgIpc) is 2.27. The van der Waals surface area contributed by atoms with E-state index >= 15 is 0 Å². The predicted octanol–water partition coefficient (Wildman–Crippen LogP) is -0.0383. The molecule has 2 aromatic rings. The molecule has 0 radical (unpaired) electrons. The van der Waals surface area contributed by atoms with Gasteiger partial charge in [-0.3, -0.25) is 0 Å². The van der Waals surface area contributed by atoms with E-state index in [0.29, 0.717) is 16.6 Å². The van der Waals surface area contributed by atoms with Crippen LogP contribution in [0.5, 0.6) is 0 Å². The van der Waals surface area contributed by atoms with E-state index in [1.54, 1.807) is 18.2 Å². The van der Waals surface area contributed by atoms with E-state index in [2.05, 4.69) is 15.0 Å². The summed E-state index contributed by atoms with van der Waals surface area (Å²) in [5.74, 6) is 1.01. The fraction of sp³-hybridized carbons (Fsp3) is 0.111. The van der Waals surface area contributed by atoms with Crippen LogP contribution in [0.4, 0.5) is 11.9 Å². The van der Waals surface area contributed by atoms with Crippen LogP contribution >= 0.6 is 11.8 Å². The zero-order valence-corrected chi connectivity index (χ0v) is 9.59. The number of anilines is 2. The molecule has 88 valence electrons. The van der Waals surface area contributed by atoms with Gasteiger partial charge in [-0.15, -0.1) is 0 Å². The molecule has 4 N–H and O–H groups in total. The van der Waals surface area contributed by atoms with Gasteiger partial charge >= 0.3 is 0 Å². The SMILES string of the molecule is Nc1nc(N)nc(CSc2cccc[n+]2[O-])n1. The van der Waals surface area contributed by atoms with Gasteiger partial charge in [0.15, 0.2) is 6.20 Å². The summed E-state index contributed by atoms with van der Waals surface area (Å²) in [6, 6.07) is 5.16. The molecule has 0 amide bonds. The van der Waals surface area contributed by atoms with Gasteiger partial charge in [0.1, 0.15) is 5.82 Å². The van der Waals surface area contributed by atoms with Crippen molar-refractivity contribution >= 4 is 23.7 Å². The highest BCUT2D eigenvalue weighted by molar-refractivity contribution is 7.98. The molecule has 2 rings (SSSR count).